The lowest BCUT2D eigenvalue weighted by molar-refractivity contribution is -0.138. The lowest BCUT2D eigenvalue weighted by Crippen LogP contribution is -2.53. The van der Waals surface area contributed by atoms with Crippen LogP contribution in [-0.4, -0.2) is 40.4 Å². The van der Waals surface area contributed by atoms with Crippen LogP contribution in [0.5, 0.6) is 11.5 Å². The van der Waals surface area contributed by atoms with Crippen molar-refractivity contribution in [1.82, 2.24) is 5.01 Å². The molecule has 4 aliphatic rings. The number of rotatable bonds is 7. The molecule has 4 amide bonds. The van der Waals surface area contributed by atoms with E-state index in [0.29, 0.717) is 27.5 Å². The van der Waals surface area contributed by atoms with E-state index in [4.69, 9.17) is 16.3 Å². The van der Waals surface area contributed by atoms with Gasteiger partial charge in [0.05, 0.1) is 41.2 Å². The Kier molecular flexibility index (Phi) is 7.94. The predicted molar refractivity (Wildman–Crippen MR) is 187 cm³/mol. The molecule has 9 nitrogen and oxygen atoms in total. The number of hydrogen-bond donors (Lipinski definition) is 2. The Labute approximate surface area is 298 Å². The SMILES string of the molecule is CCOc1cc([C@H]2C3=CC[C@@H]4C(=O)N(c5ccccc5)C(=O)[C@@H]4[C@@H]3C[C@H]3C(=O)N(Nc4ccc(F)cc4)C(=O)[C@@]23c2ccc(Cl)cc2)ccc1O. The molecule has 0 spiro atoms. The van der Waals surface area contributed by atoms with Crippen molar-refractivity contribution in [3.05, 3.63) is 131 Å². The largest absolute Gasteiger partial charge is 0.504 e. The summed E-state index contributed by atoms with van der Waals surface area (Å²) in [5.74, 6) is -5.88. The van der Waals surface area contributed by atoms with Gasteiger partial charge in [-0.25, -0.2) is 4.39 Å². The summed E-state index contributed by atoms with van der Waals surface area (Å²) in [6.07, 6.45) is 2.33. The number of fused-ring (bicyclic) bond motifs is 4. The predicted octanol–water partition coefficient (Wildman–Crippen LogP) is 6.77. The number of hydrogen-bond acceptors (Lipinski definition) is 7. The number of hydrazine groups is 1. The van der Waals surface area contributed by atoms with Crippen LogP contribution in [0.4, 0.5) is 15.8 Å². The number of phenols is 1. The molecule has 6 atom stereocenters. The van der Waals surface area contributed by atoms with Gasteiger partial charge in [0.2, 0.25) is 11.8 Å². The molecule has 2 aliphatic heterocycles. The number of amides is 4. The standard InChI is InChI=1S/C40H33ClFN3O6/c1-2-51-33-20-22(8-19-32(33)46)35-28-17-18-29-34(38(49)44(36(29)47)27-6-4-3-5-7-27)30(28)21-31-37(48)45(43-26-15-13-25(42)14-16-26)39(50)40(31,35)23-9-11-24(41)12-10-23/h3-17,19-20,29-31,34-35,43,46H,2,18,21H2,1H3/t29-,30+,31-,34-,35-,40+/m0/s1. The van der Waals surface area contributed by atoms with E-state index in [1.807, 2.05) is 12.1 Å². The third kappa shape index (κ3) is 4.95. The molecule has 2 heterocycles. The fraction of sp³-hybridized carbons (Fsp3) is 0.250. The highest BCUT2D eigenvalue weighted by Gasteiger charge is 2.70. The monoisotopic (exact) mass is 705 g/mol. The summed E-state index contributed by atoms with van der Waals surface area (Å²) < 4.78 is 19.7. The zero-order chi connectivity index (χ0) is 35.6. The maximum atomic E-state index is 15.2. The number of imide groups is 2. The van der Waals surface area contributed by atoms with Crippen LogP contribution in [0, 0.1) is 29.5 Å². The van der Waals surface area contributed by atoms with E-state index in [1.165, 1.54) is 35.2 Å². The van der Waals surface area contributed by atoms with E-state index in [1.54, 1.807) is 67.6 Å². The van der Waals surface area contributed by atoms with Crippen molar-refractivity contribution >= 4 is 46.6 Å². The molecule has 0 unspecified atom stereocenters. The fourth-order valence-corrected chi connectivity index (χ4v) is 8.97. The van der Waals surface area contributed by atoms with Gasteiger partial charge in [-0.1, -0.05) is 59.6 Å². The second kappa shape index (κ2) is 12.4. The van der Waals surface area contributed by atoms with Gasteiger partial charge in [0.25, 0.3) is 11.8 Å². The first-order valence-electron chi connectivity index (χ1n) is 16.9. The first kappa shape index (κ1) is 32.7. The number of para-hydroxylation sites is 1. The Bertz CT molecular complexity index is 2110. The van der Waals surface area contributed by atoms with Crippen LogP contribution in [0.15, 0.2) is 109 Å². The minimum atomic E-state index is -1.55. The lowest BCUT2D eigenvalue weighted by atomic mass is 9.49. The highest BCUT2D eigenvalue weighted by atomic mass is 35.5. The average molecular weight is 706 g/mol. The number of benzene rings is 4. The Morgan fingerprint density at radius 1 is 0.902 bits per heavy atom. The van der Waals surface area contributed by atoms with Crippen molar-refractivity contribution in [3.8, 4) is 11.5 Å². The van der Waals surface area contributed by atoms with Crippen molar-refractivity contribution in [2.45, 2.75) is 31.1 Å². The highest BCUT2D eigenvalue weighted by molar-refractivity contribution is 6.30. The molecule has 2 aliphatic carbocycles. The van der Waals surface area contributed by atoms with Crippen molar-refractivity contribution in [3.63, 3.8) is 0 Å². The number of aromatic hydroxyl groups is 1. The molecule has 258 valence electrons. The topological polar surface area (TPSA) is 116 Å². The molecule has 51 heavy (non-hydrogen) atoms. The number of phenolic OH excluding ortho intramolecular Hbond substituents is 1. The number of carbonyl (C=O) groups excluding carboxylic acids is 4. The molecular formula is C40H33ClFN3O6. The molecule has 11 heteroatoms. The van der Waals surface area contributed by atoms with Gasteiger partial charge in [0.15, 0.2) is 11.5 Å². The Hall–Kier alpha value is -5.48. The third-order valence-electron chi connectivity index (χ3n) is 10.9. The second-order valence-corrected chi connectivity index (χ2v) is 13.8. The van der Waals surface area contributed by atoms with Gasteiger partial charge in [0, 0.05) is 10.9 Å². The van der Waals surface area contributed by atoms with Crippen LogP contribution in [0.2, 0.25) is 5.02 Å². The molecule has 3 fully saturated rings. The molecular weight excluding hydrogens is 673 g/mol. The molecule has 2 N–H and O–H groups in total. The number of anilines is 2. The van der Waals surface area contributed by atoms with Crippen LogP contribution in [0.25, 0.3) is 0 Å². The molecule has 4 aromatic carbocycles. The molecule has 0 aromatic heterocycles. The second-order valence-electron chi connectivity index (χ2n) is 13.4. The van der Waals surface area contributed by atoms with Crippen LogP contribution in [-0.2, 0) is 24.6 Å². The van der Waals surface area contributed by atoms with Crippen molar-refractivity contribution in [2.24, 2.45) is 23.7 Å². The zero-order valence-corrected chi connectivity index (χ0v) is 28.2. The minimum Gasteiger partial charge on any atom is -0.504 e. The summed E-state index contributed by atoms with van der Waals surface area (Å²) in [6.45, 7) is 2.05. The van der Waals surface area contributed by atoms with E-state index < -0.39 is 52.6 Å². The van der Waals surface area contributed by atoms with Crippen molar-refractivity contribution in [2.75, 3.05) is 16.9 Å². The lowest BCUT2D eigenvalue weighted by Gasteiger charge is -2.50. The van der Waals surface area contributed by atoms with Crippen LogP contribution in [0.3, 0.4) is 0 Å². The number of halogens is 2. The average Bonchev–Trinajstić information content (AvgIpc) is 3.51. The quantitative estimate of drug-likeness (QED) is 0.161. The van der Waals surface area contributed by atoms with Crippen LogP contribution >= 0.6 is 11.6 Å². The van der Waals surface area contributed by atoms with Crippen molar-refractivity contribution < 1.29 is 33.4 Å². The summed E-state index contributed by atoms with van der Waals surface area (Å²) >= 11 is 6.36. The highest BCUT2D eigenvalue weighted by Crippen LogP contribution is 2.64. The molecule has 2 saturated heterocycles. The fourth-order valence-electron chi connectivity index (χ4n) is 8.84. The summed E-state index contributed by atoms with van der Waals surface area (Å²) in [5, 5.41) is 12.2. The third-order valence-corrected chi connectivity index (χ3v) is 11.1. The van der Waals surface area contributed by atoms with E-state index in [-0.39, 0.29) is 42.8 Å². The first-order valence-corrected chi connectivity index (χ1v) is 17.3. The van der Waals surface area contributed by atoms with E-state index in [9.17, 15) is 23.9 Å². The normalized spacial score (nSPS) is 26.8. The van der Waals surface area contributed by atoms with E-state index in [0.717, 1.165) is 10.6 Å². The van der Waals surface area contributed by atoms with Gasteiger partial charge in [-0.3, -0.25) is 29.5 Å². The number of nitrogens with one attached hydrogen (secondary N) is 1. The van der Waals surface area contributed by atoms with Gasteiger partial charge in [-0.05, 0) is 97.5 Å². The van der Waals surface area contributed by atoms with Crippen molar-refractivity contribution in [1.29, 1.82) is 0 Å². The molecule has 0 bridgehead atoms. The van der Waals surface area contributed by atoms with E-state index in [2.05, 4.69) is 5.43 Å². The van der Waals surface area contributed by atoms with Gasteiger partial charge in [-0.2, -0.15) is 5.01 Å². The minimum absolute atomic E-state index is 0.0914. The number of carbonyl (C=O) groups is 4. The smallest absolute Gasteiger partial charge is 0.260 e. The summed E-state index contributed by atoms with van der Waals surface area (Å²) in [7, 11) is 0. The van der Waals surface area contributed by atoms with Gasteiger partial charge >= 0.3 is 0 Å². The molecule has 4 aromatic rings. The Balaban J connectivity index is 1.34. The van der Waals surface area contributed by atoms with Crippen LogP contribution < -0.4 is 15.1 Å². The first-order chi connectivity index (χ1) is 24.6. The van der Waals surface area contributed by atoms with Crippen LogP contribution in [0.1, 0.15) is 36.8 Å². The Morgan fingerprint density at radius 2 is 1.63 bits per heavy atom. The molecule has 8 rings (SSSR count). The number of allylic oxidation sites excluding steroid dienone is 2. The summed E-state index contributed by atoms with van der Waals surface area (Å²) in [4.78, 5) is 59.6. The van der Waals surface area contributed by atoms with Gasteiger partial charge in [0.1, 0.15) is 5.82 Å². The number of nitrogens with zero attached hydrogens (tertiary/aromatic N) is 2. The maximum Gasteiger partial charge on any atom is 0.260 e. The number of ether oxygens (including phenoxy) is 1. The summed E-state index contributed by atoms with van der Waals surface area (Å²) in [6, 6.07) is 25.8. The molecule has 1 saturated carbocycles. The van der Waals surface area contributed by atoms with Gasteiger partial charge < -0.3 is 9.84 Å². The van der Waals surface area contributed by atoms with Gasteiger partial charge in [-0.15, -0.1) is 0 Å². The summed E-state index contributed by atoms with van der Waals surface area (Å²) in [5.41, 5.74) is 4.09. The van der Waals surface area contributed by atoms with E-state index >= 15 is 4.79 Å². The maximum absolute atomic E-state index is 15.2. The molecule has 0 radical (unpaired) electrons. The zero-order valence-electron chi connectivity index (χ0n) is 27.5. The Morgan fingerprint density at radius 3 is 2.33 bits per heavy atom.